The van der Waals surface area contributed by atoms with Gasteiger partial charge in [-0.15, -0.1) is 0 Å². The smallest absolute Gasteiger partial charge is 0.141 e. The van der Waals surface area contributed by atoms with E-state index < -0.39 is 0 Å². The van der Waals surface area contributed by atoms with Crippen LogP contribution in [-0.2, 0) is 9.53 Å². The minimum Gasteiger partial charge on any atom is -0.374 e. The molecule has 4 unspecified atom stereocenters. The van der Waals surface area contributed by atoms with Gasteiger partial charge in [-0.3, -0.25) is 4.79 Å². The molecule has 13 heavy (non-hydrogen) atoms. The maximum Gasteiger partial charge on any atom is 0.141 e. The largest absolute Gasteiger partial charge is 0.374 e. The van der Waals surface area contributed by atoms with Crippen LogP contribution in [0.4, 0.5) is 0 Å². The molecule has 0 aromatic heterocycles. The second kappa shape index (κ2) is 3.41. The summed E-state index contributed by atoms with van der Waals surface area (Å²) in [5.74, 6) is 0.899. The molecule has 2 heteroatoms. The van der Waals surface area contributed by atoms with Crippen molar-refractivity contribution in [1.82, 2.24) is 0 Å². The second-order valence-electron chi connectivity index (χ2n) is 4.43. The van der Waals surface area contributed by atoms with Crippen LogP contribution in [0.2, 0.25) is 0 Å². The van der Waals surface area contributed by atoms with Crippen molar-refractivity contribution < 1.29 is 9.53 Å². The standard InChI is InChI=1S/C11H18O2/c1-3-7(2)11(12)9-6-8-4-5-10(9)13-8/h7-10H,3-6H2,1-2H3. The highest BCUT2D eigenvalue weighted by Crippen LogP contribution is 2.40. The van der Waals surface area contributed by atoms with Gasteiger partial charge in [0.2, 0.25) is 0 Å². The van der Waals surface area contributed by atoms with E-state index in [0.29, 0.717) is 11.9 Å². The molecule has 2 saturated heterocycles. The second-order valence-corrected chi connectivity index (χ2v) is 4.43. The first-order valence-corrected chi connectivity index (χ1v) is 5.41. The van der Waals surface area contributed by atoms with E-state index in [1.807, 2.05) is 6.92 Å². The molecular weight excluding hydrogens is 164 g/mol. The average Bonchev–Trinajstić information content (AvgIpc) is 2.76. The van der Waals surface area contributed by atoms with Crippen LogP contribution in [0.5, 0.6) is 0 Å². The third-order valence-electron chi connectivity index (χ3n) is 3.57. The van der Waals surface area contributed by atoms with Gasteiger partial charge in [0.15, 0.2) is 0 Å². The van der Waals surface area contributed by atoms with E-state index in [-0.39, 0.29) is 17.9 Å². The highest BCUT2D eigenvalue weighted by molar-refractivity contribution is 5.84. The van der Waals surface area contributed by atoms with Gasteiger partial charge in [-0.25, -0.2) is 0 Å². The number of carbonyl (C=O) groups is 1. The number of ether oxygens (including phenoxy) is 1. The Hall–Kier alpha value is -0.370. The van der Waals surface area contributed by atoms with E-state index in [1.54, 1.807) is 0 Å². The molecule has 4 atom stereocenters. The number of carbonyl (C=O) groups excluding carboxylic acids is 1. The van der Waals surface area contributed by atoms with Gasteiger partial charge >= 0.3 is 0 Å². The molecule has 2 aliphatic heterocycles. The zero-order valence-electron chi connectivity index (χ0n) is 8.45. The summed E-state index contributed by atoms with van der Waals surface area (Å²) >= 11 is 0. The lowest BCUT2D eigenvalue weighted by Crippen LogP contribution is -2.29. The minimum atomic E-state index is 0.230. The molecule has 2 heterocycles. The zero-order chi connectivity index (χ0) is 9.42. The molecule has 0 aromatic rings. The molecule has 0 saturated carbocycles. The molecule has 2 rings (SSSR count). The van der Waals surface area contributed by atoms with E-state index in [2.05, 4.69) is 6.92 Å². The van der Waals surface area contributed by atoms with Gasteiger partial charge in [0.25, 0.3) is 0 Å². The van der Waals surface area contributed by atoms with Crippen molar-refractivity contribution >= 4 is 5.78 Å². The first kappa shape index (κ1) is 9.20. The van der Waals surface area contributed by atoms with Crippen molar-refractivity contribution in [1.29, 1.82) is 0 Å². The van der Waals surface area contributed by atoms with E-state index in [9.17, 15) is 4.79 Å². The zero-order valence-corrected chi connectivity index (χ0v) is 8.45. The number of hydrogen-bond acceptors (Lipinski definition) is 2. The SMILES string of the molecule is CCC(C)C(=O)C1CC2CCC1O2. The van der Waals surface area contributed by atoms with Gasteiger partial charge < -0.3 is 4.74 Å². The van der Waals surface area contributed by atoms with E-state index >= 15 is 0 Å². The summed E-state index contributed by atoms with van der Waals surface area (Å²) in [6.45, 7) is 4.12. The van der Waals surface area contributed by atoms with Crippen molar-refractivity contribution in [3.8, 4) is 0 Å². The third kappa shape index (κ3) is 1.52. The predicted molar refractivity (Wildman–Crippen MR) is 50.5 cm³/mol. The van der Waals surface area contributed by atoms with Crippen LogP contribution < -0.4 is 0 Å². The molecule has 0 N–H and O–H groups in total. The fraction of sp³-hybridized carbons (Fsp3) is 0.909. The maximum atomic E-state index is 11.9. The summed E-state index contributed by atoms with van der Waals surface area (Å²) in [7, 11) is 0. The Labute approximate surface area is 79.7 Å². The lowest BCUT2D eigenvalue weighted by molar-refractivity contribution is -0.127. The summed E-state index contributed by atoms with van der Waals surface area (Å²) in [6.07, 6.45) is 4.92. The van der Waals surface area contributed by atoms with Crippen LogP contribution in [0.1, 0.15) is 39.5 Å². The van der Waals surface area contributed by atoms with Crippen LogP contribution in [0, 0.1) is 11.8 Å². The highest BCUT2D eigenvalue weighted by Gasteiger charge is 2.44. The Morgan fingerprint density at radius 1 is 1.54 bits per heavy atom. The van der Waals surface area contributed by atoms with E-state index in [1.165, 1.54) is 6.42 Å². The first-order chi connectivity index (χ1) is 6.22. The Kier molecular flexibility index (Phi) is 2.41. The third-order valence-corrected chi connectivity index (χ3v) is 3.57. The van der Waals surface area contributed by atoms with Gasteiger partial charge in [-0.05, 0) is 25.7 Å². The summed E-state index contributed by atoms with van der Waals surface area (Å²) in [5.41, 5.74) is 0. The van der Waals surface area contributed by atoms with Gasteiger partial charge in [0.05, 0.1) is 12.2 Å². The predicted octanol–water partition coefficient (Wildman–Crippen LogP) is 2.17. The lowest BCUT2D eigenvalue weighted by atomic mass is 9.81. The van der Waals surface area contributed by atoms with Crippen molar-refractivity contribution in [2.75, 3.05) is 0 Å². The van der Waals surface area contributed by atoms with Gasteiger partial charge in [-0.1, -0.05) is 13.8 Å². The Balaban J connectivity index is 1.98. The number of Topliss-reactive ketones (excluding diaryl/α,β-unsaturated/α-hetero) is 1. The summed E-state index contributed by atoms with van der Waals surface area (Å²) in [4.78, 5) is 11.9. The summed E-state index contributed by atoms with van der Waals surface area (Å²) in [5, 5.41) is 0. The number of ketones is 1. The lowest BCUT2D eigenvalue weighted by Gasteiger charge is -2.20. The van der Waals surface area contributed by atoms with Crippen LogP contribution in [0.3, 0.4) is 0 Å². The highest BCUT2D eigenvalue weighted by atomic mass is 16.5. The Morgan fingerprint density at radius 3 is 2.77 bits per heavy atom. The molecule has 2 nitrogen and oxygen atoms in total. The molecule has 0 aliphatic carbocycles. The fourth-order valence-corrected chi connectivity index (χ4v) is 2.50. The van der Waals surface area contributed by atoms with Crippen molar-refractivity contribution in [3.05, 3.63) is 0 Å². The minimum absolute atomic E-state index is 0.230. The van der Waals surface area contributed by atoms with E-state index in [0.717, 1.165) is 19.3 Å². The number of fused-ring (bicyclic) bond motifs is 2. The summed E-state index contributed by atoms with van der Waals surface area (Å²) in [6, 6.07) is 0. The van der Waals surface area contributed by atoms with Gasteiger partial charge in [0.1, 0.15) is 5.78 Å². The molecular formula is C11H18O2. The Morgan fingerprint density at radius 2 is 2.31 bits per heavy atom. The molecule has 2 aliphatic rings. The maximum absolute atomic E-state index is 11.9. The average molecular weight is 182 g/mol. The molecule has 2 fully saturated rings. The number of hydrogen-bond donors (Lipinski definition) is 0. The van der Waals surface area contributed by atoms with Crippen LogP contribution in [0.15, 0.2) is 0 Å². The molecule has 0 spiro atoms. The topological polar surface area (TPSA) is 26.3 Å². The summed E-state index contributed by atoms with van der Waals surface area (Å²) < 4.78 is 5.68. The monoisotopic (exact) mass is 182 g/mol. The van der Waals surface area contributed by atoms with Crippen LogP contribution in [-0.4, -0.2) is 18.0 Å². The molecule has 0 amide bonds. The van der Waals surface area contributed by atoms with Gasteiger partial charge in [0, 0.05) is 11.8 Å². The van der Waals surface area contributed by atoms with Gasteiger partial charge in [-0.2, -0.15) is 0 Å². The Bertz CT molecular complexity index is 212. The quantitative estimate of drug-likeness (QED) is 0.668. The van der Waals surface area contributed by atoms with Crippen LogP contribution in [0.25, 0.3) is 0 Å². The molecule has 74 valence electrons. The number of rotatable bonds is 3. The van der Waals surface area contributed by atoms with E-state index in [4.69, 9.17) is 4.74 Å². The van der Waals surface area contributed by atoms with Crippen molar-refractivity contribution in [3.63, 3.8) is 0 Å². The van der Waals surface area contributed by atoms with Crippen molar-refractivity contribution in [2.45, 2.75) is 51.7 Å². The molecule has 0 radical (unpaired) electrons. The molecule has 0 aromatic carbocycles. The first-order valence-electron chi connectivity index (χ1n) is 5.41. The van der Waals surface area contributed by atoms with Crippen LogP contribution >= 0.6 is 0 Å². The normalized spacial score (nSPS) is 39.4. The fourth-order valence-electron chi connectivity index (χ4n) is 2.50. The van der Waals surface area contributed by atoms with Crippen molar-refractivity contribution in [2.24, 2.45) is 11.8 Å². The molecule has 2 bridgehead atoms.